The van der Waals surface area contributed by atoms with Gasteiger partial charge in [0.1, 0.15) is 12.0 Å². The molecule has 98 valence electrons. The summed E-state index contributed by atoms with van der Waals surface area (Å²) < 4.78 is 6.45. The molecule has 1 heterocycles. The highest BCUT2D eigenvalue weighted by atomic mass is 79.9. The van der Waals surface area contributed by atoms with Crippen molar-refractivity contribution in [3.05, 3.63) is 50.8 Å². The maximum atomic E-state index is 11.6. The van der Waals surface area contributed by atoms with Crippen molar-refractivity contribution in [1.82, 2.24) is 5.43 Å². The van der Waals surface area contributed by atoms with Crippen LogP contribution in [0.25, 0.3) is 0 Å². The summed E-state index contributed by atoms with van der Waals surface area (Å²) in [4.78, 5) is 11.6. The molecule has 0 fully saturated rings. The first-order valence-electron chi connectivity index (χ1n) is 5.12. The van der Waals surface area contributed by atoms with Crippen LogP contribution >= 0.6 is 31.9 Å². The van der Waals surface area contributed by atoms with Crippen molar-refractivity contribution in [2.24, 2.45) is 5.10 Å². The number of furan rings is 1. The number of phenols is 1. The summed E-state index contributed by atoms with van der Waals surface area (Å²) in [5.41, 5.74) is 2.78. The highest BCUT2D eigenvalue weighted by Gasteiger charge is 2.09. The predicted octanol–water partition coefficient (Wildman–Crippen LogP) is 3.27. The second kappa shape index (κ2) is 6.03. The van der Waals surface area contributed by atoms with Gasteiger partial charge in [0.15, 0.2) is 5.76 Å². The van der Waals surface area contributed by atoms with Crippen LogP contribution in [0.3, 0.4) is 0 Å². The molecular weight excluding hydrogens is 380 g/mol. The molecule has 2 aromatic rings. The van der Waals surface area contributed by atoms with E-state index < -0.39 is 5.91 Å². The number of hydrogen-bond acceptors (Lipinski definition) is 4. The van der Waals surface area contributed by atoms with Crippen molar-refractivity contribution < 1.29 is 14.3 Å². The number of nitrogens with zero attached hydrogens (tertiary/aromatic N) is 1. The van der Waals surface area contributed by atoms with E-state index in [1.54, 1.807) is 12.1 Å². The molecule has 0 unspecified atom stereocenters. The molecule has 0 radical (unpaired) electrons. The minimum absolute atomic E-state index is 0.0712. The lowest BCUT2D eigenvalue weighted by Gasteiger charge is -1.99. The molecule has 0 bridgehead atoms. The normalized spacial score (nSPS) is 10.8. The number of rotatable bonds is 3. The van der Waals surface area contributed by atoms with Crippen molar-refractivity contribution in [2.75, 3.05) is 0 Å². The molecule has 0 aliphatic carbocycles. The highest BCUT2D eigenvalue weighted by Crippen LogP contribution is 2.20. The maximum absolute atomic E-state index is 11.6. The summed E-state index contributed by atoms with van der Waals surface area (Å²) >= 11 is 6.45. The number of halogens is 2. The van der Waals surface area contributed by atoms with Gasteiger partial charge in [-0.15, -0.1) is 0 Å². The summed E-state index contributed by atoms with van der Waals surface area (Å²) in [6.07, 6.45) is 2.74. The van der Waals surface area contributed by atoms with Crippen LogP contribution in [-0.4, -0.2) is 17.2 Å². The molecule has 1 aromatic heterocycles. The lowest BCUT2D eigenvalue weighted by Crippen LogP contribution is -2.16. The predicted molar refractivity (Wildman–Crippen MR) is 77.3 cm³/mol. The fraction of sp³-hybridized carbons (Fsp3) is 0. The van der Waals surface area contributed by atoms with Crippen molar-refractivity contribution in [2.45, 2.75) is 0 Å². The van der Waals surface area contributed by atoms with Gasteiger partial charge >= 0.3 is 5.91 Å². The molecular formula is C12H8Br2N2O3. The molecule has 0 aliphatic heterocycles. The zero-order valence-corrected chi connectivity index (χ0v) is 12.6. The standard InChI is InChI=1S/C12H8Br2N2O3/c13-8-1-2-10(17)7(3-8)5-15-16-12(18)11-4-9(14)6-19-11/h1-6,17H,(H,16,18). The Hall–Kier alpha value is -1.60. The van der Waals surface area contributed by atoms with Crippen LogP contribution in [0.1, 0.15) is 16.1 Å². The van der Waals surface area contributed by atoms with Crippen molar-refractivity contribution in [3.8, 4) is 5.75 Å². The van der Waals surface area contributed by atoms with Crippen molar-refractivity contribution in [3.63, 3.8) is 0 Å². The molecule has 0 aliphatic rings. The van der Waals surface area contributed by atoms with Crippen LogP contribution in [0.2, 0.25) is 0 Å². The number of aromatic hydroxyl groups is 1. The quantitative estimate of drug-likeness (QED) is 0.626. The average molecular weight is 388 g/mol. The van der Waals surface area contributed by atoms with Crippen LogP contribution < -0.4 is 5.43 Å². The fourth-order valence-corrected chi connectivity index (χ4v) is 1.96. The molecule has 0 saturated carbocycles. The van der Waals surface area contributed by atoms with Crippen LogP contribution in [0, 0.1) is 0 Å². The molecule has 19 heavy (non-hydrogen) atoms. The minimum Gasteiger partial charge on any atom is -0.507 e. The monoisotopic (exact) mass is 386 g/mol. The second-order valence-corrected chi connectivity index (χ2v) is 5.36. The maximum Gasteiger partial charge on any atom is 0.307 e. The fourth-order valence-electron chi connectivity index (χ4n) is 1.28. The molecule has 1 amide bonds. The van der Waals surface area contributed by atoms with Gasteiger partial charge in [-0.2, -0.15) is 5.10 Å². The Labute approximate surface area is 125 Å². The Kier molecular flexibility index (Phi) is 4.39. The number of carbonyl (C=O) groups excluding carboxylic acids is 1. The van der Waals surface area contributed by atoms with E-state index in [0.29, 0.717) is 10.0 Å². The number of hydrogen-bond donors (Lipinski definition) is 2. The third-order valence-electron chi connectivity index (χ3n) is 2.15. The number of nitrogens with one attached hydrogen (secondary N) is 1. The number of benzene rings is 1. The van der Waals surface area contributed by atoms with Gasteiger partial charge < -0.3 is 9.52 Å². The molecule has 0 saturated heterocycles. The smallest absolute Gasteiger partial charge is 0.307 e. The first-order chi connectivity index (χ1) is 9.06. The first-order valence-corrected chi connectivity index (χ1v) is 6.71. The van der Waals surface area contributed by atoms with Gasteiger partial charge in [-0.1, -0.05) is 15.9 Å². The second-order valence-electron chi connectivity index (χ2n) is 3.53. The summed E-state index contributed by atoms with van der Waals surface area (Å²) in [6, 6.07) is 6.43. The SMILES string of the molecule is O=C(NN=Cc1cc(Br)ccc1O)c1cc(Br)co1. The van der Waals surface area contributed by atoms with Gasteiger partial charge in [-0.25, -0.2) is 5.43 Å². The van der Waals surface area contributed by atoms with Crippen LogP contribution in [0.15, 0.2) is 49.0 Å². The summed E-state index contributed by atoms with van der Waals surface area (Å²) in [5, 5.41) is 13.3. The first kappa shape index (κ1) is 13.8. The van der Waals surface area contributed by atoms with Gasteiger partial charge in [-0.05, 0) is 34.1 Å². The van der Waals surface area contributed by atoms with Gasteiger partial charge in [0.25, 0.3) is 0 Å². The van der Waals surface area contributed by atoms with E-state index in [1.165, 1.54) is 24.6 Å². The van der Waals surface area contributed by atoms with Gasteiger partial charge in [0, 0.05) is 16.1 Å². The molecule has 5 nitrogen and oxygen atoms in total. The Bertz CT molecular complexity index is 638. The highest BCUT2D eigenvalue weighted by molar-refractivity contribution is 9.10. The van der Waals surface area contributed by atoms with Crippen LogP contribution in [0.5, 0.6) is 5.75 Å². The third kappa shape index (κ3) is 3.68. The van der Waals surface area contributed by atoms with Crippen molar-refractivity contribution >= 4 is 44.0 Å². The van der Waals surface area contributed by atoms with Crippen LogP contribution in [0.4, 0.5) is 0 Å². The Morgan fingerprint density at radius 3 is 2.79 bits per heavy atom. The number of hydrazone groups is 1. The van der Waals surface area contributed by atoms with E-state index in [1.807, 2.05) is 0 Å². The molecule has 0 spiro atoms. The Balaban J connectivity index is 2.04. The van der Waals surface area contributed by atoms with E-state index >= 15 is 0 Å². The molecule has 1 aromatic carbocycles. The number of carbonyl (C=O) groups is 1. The zero-order chi connectivity index (χ0) is 13.8. The van der Waals surface area contributed by atoms with Gasteiger partial charge in [0.2, 0.25) is 0 Å². The van der Waals surface area contributed by atoms with E-state index in [9.17, 15) is 9.90 Å². The third-order valence-corrected chi connectivity index (χ3v) is 3.06. The lowest BCUT2D eigenvalue weighted by atomic mass is 10.2. The largest absolute Gasteiger partial charge is 0.507 e. The topological polar surface area (TPSA) is 74.8 Å². The van der Waals surface area contributed by atoms with Crippen LogP contribution in [-0.2, 0) is 0 Å². The van der Waals surface area contributed by atoms with E-state index in [0.717, 1.165) is 4.47 Å². The van der Waals surface area contributed by atoms with E-state index in [-0.39, 0.29) is 11.5 Å². The van der Waals surface area contributed by atoms with E-state index in [4.69, 9.17) is 4.42 Å². The number of phenolic OH excluding ortho intramolecular Hbond substituents is 1. The van der Waals surface area contributed by atoms with Crippen molar-refractivity contribution in [1.29, 1.82) is 0 Å². The summed E-state index contributed by atoms with van der Waals surface area (Å²) in [7, 11) is 0. The summed E-state index contributed by atoms with van der Waals surface area (Å²) in [6.45, 7) is 0. The van der Waals surface area contributed by atoms with Gasteiger partial charge in [0.05, 0.1) is 10.7 Å². The summed E-state index contributed by atoms with van der Waals surface area (Å²) in [5.74, 6) is -0.263. The minimum atomic E-state index is -0.476. The van der Waals surface area contributed by atoms with Gasteiger partial charge in [-0.3, -0.25) is 4.79 Å². The molecule has 2 N–H and O–H groups in total. The number of amides is 1. The average Bonchev–Trinajstić information content (AvgIpc) is 2.80. The molecule has 0 atom stereocenters. The van der Waals surface area contributed by atoms with E-state index in [2.05, 4.69) is 42.4 Å². The lowest BCUT2D eigenvalue weighted by molar-refractivity contribution is 0.0927. The molecule has 2 rings (SSSR count). The Morgan fingerprint density at radius 1 is 1.32 bits per heavy atom. The molecule has 7 heteroatoms. The Morgan fingerprint density at radius 2 is 2.11 bits per heavy atom. The zero-order valence-electron chi connectivity index (χ0n) is 9.43.